The second kappa shape index (κ2) is 5.44. The second-order valence-corrected chi connectivity index (χ2v) is 4.99. The molecule has 0 bridgehead atoms. The van der Waals surface area contributed by atoms with Gasteiger partial charge in [0.2, 0.25) is 0 Å². The number of primary amides is 1. The summed E-state index contributed by atoms with van der Waals surface area (Å²) in [5.41, 5.74) is 11.9. The van der Waals surface area contributed by atoms with Crippen molar-refractivity contribution < 1.29 is 9.53 Å². The minimum Gasteiger partial charge on any atom is -0.397 e. The highest BCUT2D eigenvalue weighted by molar-refractivity contribution is 5.98. The topological polar surface area (TPSA) is 94.5 Å². The second-order valence-electron chi connectivity index (χ2n) is 4.99. The van der Waals surface area contributed by atoms with E-state index < -0.39 is 5.91 Å². The number of hydrogen-bond donors (Lipinski definition) is 2. The lowest BCUT2D eigenvalue weighted by Gasteiger charge is -2.37. The van der Waals surface area contributed by atoms with E-state index in [9.17, 15) is 4.79 Å². The maximum absolute atomic E-state index is 11.5. The third-order valence-electron chi connectivity index (χ3n) is 3.64. The SMILES string of the molecule is COC1CN(c2ncc(N)cc2C(N)=O)CCC1C. The molecule has 1 aromatic heterocycles. The molecule has 19 heavy (non-hydrogen) atoms. The third kappa shape index (κ3) is 2.78. The van der Waals surface area contributed by atoms with E-state index in [1.165, 1.54) is 0 Å². The van der Waals surface area contributed by atoms with Crippen LogP contribution in [0.15, 0.2) is 12.3 Å². The molecule has 2 atom stereocenters. The number of rotatable bonds is 3. The number of amides is 1. The number of anilines is 2. The predicted molar refractivity (Wildman–Crippen MR) is 74.0 cm³/mol. The summed E-state index contributed by atoms with van der Waals surface area (Å²) in [5, 5.41) is 0. The molecule has 2 heterocycles. The zero-order chi connectivity index (χ0) is 14.0. The molecule has 0 saturated carbocycles. The van der Waals surface area contributed by atoms with Gasteiger partial charge in [0.05, 0.1) is 23.6 Å². The molecule has 104 valence electrons. The van der Waals surface area contributed by atoms with Gasteiger partial charge in [0, 0.05) is 20.2 Å². The Hall–Kier alpha value is -1.82. The highest BCUT2D eigenvalue weighted by atomic mass is 16.5. The quantitative estimate of drug-likeness (QED) is 0.834. The molecule has 0 spiro atoms. The van der Waals surface area contributed by atoms with E-state index in [0.717, 1.165) is 13.0 Å². The van der Waals surface area contributed by atoms with Gasteiger partial charge in [-0.15, -0.1) is 0 Å². The summed E-state index contributed by atoms with van der Waals surface area (Å²) in [6.07, 6.45) is 2.67. The Morgan fingerprint density at radius 1 is 1.58 bits per heavy atom. The van der Waals surface area contributed by atoms with Crippen LogP contribution >= 0.6 is 0 Å². The van der Waals surface area contributed by atoms with E-state index >= 15 is 0 Å². The van der Waals surface area contributed by atoms with Gasteiger partial charge >= 0.3 is 0 Å². The molecule has 6 heteroatoms. The number of aromatic nitrogens is 1. The number of nitrogen functional groups attached to an aromatic ring is 1. The van der Waals surface area contributed by atoms with Crippen molar-refractivity contribution in [1.29, 1.82) is 0 Å². The van der Waals surface area contributed by atoms with Gasteiger partial charge in [-0.25, -0.2) is 4.98 Å². The van der Waals surface area contributed by atoms with Crippen molar-refractivity contribution >= 4 is 17.4 Å². The molecule has 0 aliphatic carbocycles. The molecule has 1 fully saturated rings. The fourth-order valence-electron chi connectivity index (χ4n) is 2.44. The van der Waals surface area contributed by atoms with Crippen molar-refractivity contribution in [3.63, 3.8) is 0 Å². The Morgan fingerprint density at radius 3 is 2.95 bits per heavy atom. The zero-order valence-corrected chi connectivity index (χ0v) is 11.3. The van der Waals surface area contributed by atoms with Crippen LogP contribution in [0.3, 0.4) is 0 Å². The number of methoxy groups -OCH3 is 1. The first-order valence-corrected chi connectivity index (χ1v) is 6.36. The lowest BCUT2D eigenvalue weighted by Crippen LogP contribution is -2.45. The molecule has 1 aliphatic rings. The molecule has 0 radical (unpaired) electrons. The maximum Gasteiger partial charge on any atom is 0.252 e. The Bertz CT molecular complexity index is 478. The monoisotopic (exact) mass is 264 g/mol. The summed E-state index contributed by atoms with van der Waals surface area (Å²) in [4.78, 5) is 17.8. The van der Waals surface area contributed by atoms with E-state index in [-0.39, 0.29) is 6.10 Å². The molecule has 6 nitrogen and oxygen atoms in total. The van der Waals surface area contributed by atoms with E-state index in [1.54, 1.807) is 19.4 Å². The fraction of sp³-hybridized carbons (Fsp3) is 0.538. The largest absolute Gasteiger partial charge is 0.397 e. The predicted octanol–water partition coefficient (Wildman–Crippen LogP) is 0.624. The molecule has 1 aliphatic heterocycles. The average Bonchev–Trinajstić information content (AvgIpc) is 2.39. The van der Waals surface area contributed by atoms with E-state index in [2.05, 4.69) is 11.9 Å². The lowest BCUT2D eigenvalue weighted by atomic mass is 9.95. The molecular formula is C13H20N4O2. The van der Waals surface area contributed by atoms with Gasteiger partial charge in [-0.1, -0.05) is 6.92 Å². The van der Waals surface area contributed by atoms with Crippen LogP contribution in [-0.4, -0.2) is 37.2 Å². The van der Waals surface area contributed by atoms with E-state index in [1.807, 2.05) is 4.90 Å². The lowest BCUT2D eigenvalue weighted by molar-refractivity contribution is 0.0496. The number of carbonyl (C=O) groups is 1. The smallest absolute Gasteiger partial charge is 0.252 e. The maximum atomic E-state index is 11.5. The summed E-state index contributed by atoms with van der Waals surface area (Å²) < 4.78 is 5.47. The van der Waals surface area contributed by atoms with Crippen molar-refractivity contribution in [2.45, 2.75) is 19.4 Å². The highest BCUT2D eigenvalue weighted by Gasteiger charge is 2.28. The molecule has 1 saturated heterocycles. The van der Waals surface area contributed by atoms with Crippen LogP contribution < -0.4 is 16.4 Å². The van der Waals surface area contributed by atoms with Crippen LogP contribution in [0, 0.1) is 5.92 Å². The molecule has 4 N–H and O–H groups in total. The minimum absolute atomic E-state index is 0.133. The van der Waals surface area contributed by atoms with Crippen LogP contribution in [0.5, 0.6) is 0 Å². The van der Waals surface area contributed by atoms with Gasteiger partial charge in [0.1, 0.15) is 5.82 Å². The Labute approximate surface area is 112 Å². The number of piperidine rings is 1. The van der Waals surface area contributed by atoms with Crippen molar-refractivity contribution in [2.24, 2.45) is 11.7 Å². The standard InChI is InChI=1S/C13H20N4O2/c1-8-3-4-17(7-11(8)19-2)13-10(12(15)18)5-9(14)6-16-13/h5-6,8,11H,3-4,7,14H2,1-2H3,(H2,15,18). The first-order valence-electron chi connectivity index (χ1n) is 6.36. The van der Waals surface area contributed by atoms with Crippen LogP contribution in [0.2, 0.25) is 0 Å². The summed E-state index contributed by atoms with van der Waals surface area (Å²) in [5.74, 6) is 0.574. The average molecular weight is 264 g/mol. The van der Waals surface area contributed by atoms with E-state index in [4.69, 9.17) is 16.2 Å². The number of ether oxygens (including phenoxy) is 1. The Kier molecular flexibility index (Phi) is 3.90. The fourth-order valence-corrected chi connectivity index (χ4v) is 2.44. The number of carbonyl (C=O) groups excluding carboxylic acids is 1. The summed E-state index contributed by atoms with van der Waals surface area (Å²) >= 11 is 0. The van der Waals surface area contributed by atoms with Crippen molar-refractivity contribution in [1.82, 2.24) is 4.98 Å². The molecule has 2 unspecified atom stereocenters. The first kappa shape index (κ1) is 13.6. The van der Waals surface area contributed by atoms with Gasteiger partial charge in [-0.3, -0.25) is 4.79 Å². The number of nitrogens with zero attached hydrogens (tertiary/aromatic N) is 2. The van der Waals surface area contributed by atoms with Gasteiger partial charge in [0.15, 0.2) is 0 Å². The van der Waals surface area contributed by atoms with Crippen LogP contribution in [0.1, 0.15) is 23.7 Å². The summed E-state index contributed by atoms with van der Waals surface area (Å²) in [6, 6.07) is 1.57. The van der Waals surface area contributed by atoms with Gasteiger partial charge in [0.25, 0.3) is 5.91 Å². The Balaban J connectivity index is 2.29. The van der Waals surface area contributed by atoms with Crippen LogP contribution in [0.4, 0.5) is 11.5 Å². The van der Waals surface area contributed by atoms with Gasteiger partial charge in [-0.05, 0) is 18.4 Å². The number of pyridine rings is 1. The van der Waals surface area contributed by atoms with Crippen molar-refractivity contribution in [3.05, 3.63) is 17.8 Å². The number of nitrogens with two attached hydrogens (primary N) is 2. The summed E-state index contributed by atoms with van der Waals surface area (Å²) in [6.45, 7) is 3.70. The molecule has 0 aromatic carbocycles. The summed E-state index contributed by atoms with van der Waals surface area (Å²) in [7, 11) is 1.70. The highest BCUT2D eigenvalue weighted by Crippen LogP contribution is 2.26. The third-order valence-corrected chi connectivity index (χ3v) is 3.64. The Morgan fingerprint density at radius 2 is 2.32 bits per heavy atom. The van der Waals surface area contributed by atoms with Gasteiger partial charge in [-0.2, -0.15) is 0 Å². The van der Waals surface area contributed by atoms with Gasteiger partial charge < -0.3 is 21.1 Å². The molecule has 2 rings (SSSR count). The zero-order valence-electron chi connectivity index (χ0n) is 11.3. The van der Waals surface area contributed by atoms with Crippen LogP contribution in [0.25, 0.3) is 0 Å². The number of hydrogen-bond acceptors (Lipinski definition) is 5. The molecular weight excluding hydrogens is 244 g/mol. The molecule has 1 amide bonds. The molecule has 1 aromatic rings. The minimum atomic E-state index is -0.512. The first-order chi connectivity index (χ1) is 9.02. The van der Waals surface area contributed by atoms with Crippen molar-refractivity contribution in [3.8, 4) is 0 Å². The van der Waals surface area contributed by atoms with Crippen molar-refractivity contribution in [2.75, 3.05) is 30.8 Å². The normalized spacial score (nSPS) is 23.4. The van der Waals surface area contributed by atoms with E-state index in [0.29, 0.717) is 29.5 Å². The van der Waals surface area contributed by atoms with Crippen LogP contribution in [-0.2, 0) is 4.74 Å².